The summed E-state index contributed by atoms with van der Waals surface area (Å²) >= 11 is 5.54. The quantitative estimate of drug-likeness (QED) is 0.854. The normalized spacial score (nSPS) is 12.7. The average Bonchev–Trinajstić information content (AvgIpc) is 2.15. The number of sulfonamides is 1. The molecule has 0 saturated heterocycles. The Morgan fingerprint density at radius 2 is 2.12 bits per heavy atom. The van der Waals surface area contributed by atoms with Crippen LogP contribution in [0.15, 0.2) is 23.4 Å². The predicted octanol–water partition coefficient (Wildman–Crippen LogP) is 1.51. The molecule has 0 amide bonds. The first-order valence-electron chi connectivity index (χ1n) is 4.02. The molecule has 1 aromatic heterocycles. The van der Waals surface area contributed by atoms with Crippen molar-refractivity contribution in [3.8, 4) is 0 Å². The van der Waals surface area contributed by atoms with E-state index in [2.05, 4.69) is 9.82 Å². The van der Waals surface area contributed by atoms with Gasteiger partial charge in [-0.2, -0.15) is 13.2 Å². The van der Waals surface area contributed by atoms with Crippen molar-refractivity contribution < 1.29 is 26.4 Å². The molecule has 96 valence electrons. The fraction of sp³-hybridized carbons (Fsp3) is 0.286. The zero-order chi connectivity index (χ0) is 13.1. The summed E-state index contributed by atoms with van der Waals surface area (Å²) < 4.78 is 58.0. The van der Waals surface area contributed by atoms with Gasteiger partial charge in [0.15, 0.2) is 6.61 Å². The van der Waals surface area contributed by atoms with E-state index in [1.807, 2.05) is 0 Å². The van der Waals surface area contributed by atoms with Gasteiger partial charge in [-0.15, -0.1) is 0 Å². The number of alkyl halides is 3. The molecule has 0 atom stereocenters. The minimum Gasteiger partial charge on any atom is -0.277 e. The molecule has 1 aromatic rings. The molecule has 0 spiro atoms. The maximum Gasteiger partial charge on any atom is 0.413 e. The van der Waals surface area contributed by atoms with E-state index >= 15 is 0 Å². The summed E-state index contributed by atoms with van der Waals surface area (Å²) in [6, 6.07) is 1.18. The lowest BCUT2D eigenvalue weighted by molar-refractivity contribution is -0.181. The maximum atomic E-state index is 11.7. The molecule has 17 heavy (non-hydrogen) atoms. The molecule has 0 saturated carbocycles. The van der Waals surface area contributed by atoms with Gasteiger partial charge in [-0.25, -0.2) is 8.42 Å². The zero-order valence-electron chi connectivity index (χ0n) is 8.03. The highest BCUT2D eigenvalue weighted by atomic mass is 35.5. The van der Waals surface area contributed by atoms with E-state index in [0.29, 0.717) is 0 Å². The summed E-state index contributed by atoms with van der Waals surface area (Å²) in [5, 5.41) is -0.178. The number of aromatic nitrogens is 1. The zero-order valence-corrected chi connectivity index (χ0v) is 9.60. The summed E-state index contributed by atoms with van der Waals surface area (Å²) in [4.78, 5) is 8.14. The molecule has 0 radical (unpaired) electrons. The molecule has 0 aliphatic carbocycles. The lowest BCUT2D eigenvalue weighted by Crippen LogP contribution is -2.29. The van der Waals surface area contributed by atoms with Gasteiger partial charge in [-0.05, 0) is 6.07 Å². The number of halogens is 4. The van der Waals surface area contributed by atoms with Crippen LogP contribution in [0.1, 0.15) is 0 Å². The van der Waals surface area contributed by atoms with E-state index in [0.717, 1.165) is 6.20 Å². The van der Waals surface area contributed by atoms with Crippen LogP contribution in [0, 0.1) is 0 Å². The summed E-state index contributed by atoms with van der Waals surface area (Å²) in [6.07, 6.45) is -2.51. The number of hydrogen-bond acceptors (Lipinski definition) is 4. The van der Waals surface area contributed by atoms with Gasteiger partial charge in [0.1, 0.15) is 4.90 Å². The number of nitrogens with zero attached hydrogens (tertiary/aromatic N) is 1. The van der Waals surface area contributed by atoms with Crippen molar-refractivity contribution in [1.82, 2.24) is 9.87 Å². The molecule has 1 N–H and O–H groups in total. The van der Waals surface area contributed by atoms with Crippen LogP contribution in [0.2, 0.25) is 5.02 Å². The molecule has 1 heterocycles. The van der Waals surface area contributed by atoms with E-state index in [9.17, 15) is 21.6 Å². The minimum absolute atomic E-state index is 0.178. The van der Waals surface area contributed by atoms with Crippen LogP contribution >= 0.6 is 11.6 Å². The topological polar surface area (TPSA) is 68.3 Å². The Kier molecular flexibility index (Phi) is 4.31. The molecule has 5 nitrogen and oxygen atoms in total. The SMILES string of the molecule is O=S(=O)(NOCC(F)(F)F)c1cnccc1Cl. The number of nitrogens with one attached hydrogen (secondary N) is 1. The smallest absolute Gasteiger partial charge is 0.277 e. The lowest BCUT2D eigenvalue weighted by atomic mass is 10.5. The van der Waals surface area contributed by atoms with Crippen LogP contribution in [0.5, 0.6) is 0 Å². The van der Waals surface area contributed by atoms with Crippen LogP contribution in [0.3, 0.4) is 0 Å². The third kappa shape index (κ3) is 4.46. The van der Waals surface area contributed by atoms with Gasteiger partial charge in [-0.3, -0.25) is 9.82 Å². The highest BCUT2D eigenvalue weighted by Gasteiger charge is 2.29. The minimum atomic E-state index is -4.64. The summed E-state index contributed by atoms with van der Waals surface area (Å²) in [5.74, 6) is 0. The van der Waals surface area contributed by atoms with Crippen LogP contribution in [-0.2, 0) is 14.9 Å². The molecule has 0 fully saturated rings. The Balaban J connectivity index is 2.74. The molecular weight excluding hydrogens is 285 g/mol. The highest BCUT2D eigenvalue weighted by molar-refractivity contribution is 7.89. The van der Waals surface area contributed by atoms with Crippen LogP contribution in [0.4, 0.5) is 13.2 Å². The highest BCUT2D eigenvalue weighted by Crippen LogP contribution is 2.19. The monoisotopic (exact) mass is 290 g/mol. The molecular formula is C7H6ClF3N2O3S. The first kappa shape index (κ1) is 14.2. The van der Waals surface area contributed by atoms with Gasteiger partial charge in [0.25, 0.3) is 10.0 Å². The Morgan fingerprint density at radius 1 is 1.47 bits per heavy atom. The lowest BCUT2D eigenvalue weighted by Gasteiger charge is -2.09. The van der Waals surface area contributed by atoms with Crippen molar-refractivity contribution in [1.29, 1.82) is 0 Å². The number of pyridine rings is 1. The number of rotatable bonds is 4. The second-order valence-electron chi connectivity index (χ2n) is 2.80. The van der Waals surface area contributed by atoms with Crippen molar-refractivity contribution in [2.45, 2.75) is 11.1 Å². The molecule has 0 aromatic carbocycles. The van der Waals surface area contributed by atoms with E-state index in [-0.39, 0.29) is 5.02 Å². The Labute approximate surface area is 99.6 Å². The summed E-state index contributed by atoms with van der Waals surface area (Å²) in [5.41, 5.74) is 0. The van der Waals surface area contributed by atoms with Crippen LogP contribution in [0.25, 0.3) is 0 Å². The first-order chi connectivity index (χ1) is 7.72. The fourth-order valence-corrected chi connectivity index (χ4v) is 2.03. The van der Waals surface area contributed by atoms with Gasteiger partial charge < -0.3 is 0 Å². The van der Waals surface area contributed by atoms with Crippen molar-refractivity contribution in [3.05, 3.63) is 23.5 Å². The first-order valence-corrected chi connectivity index (χ1v) is 5.88. The second kappa shape index (κ2) is 5.17. The van der Waals surface area contributed by atoms with Gasteiger partial charge in [0, 0.05) is 12.4 Å². The van der Waals surface area contributed by atoms with Crippen molar-refractivity contribution in [2.75, 3.05) is 6.61 Å². The maximum absolute atomic E-state index is 11.7. The van der Waals surface area contributed by atoms with E-state index in [4.69, 9.17) is 11.6 Å². The molecule has 0 unspecified atom stereocenters. The molecule has 10 heteroatoms. The van der Waals surface area contributed by atoms with Gasteiger partial charge in [0.05, 0.1) is 5.02 Å². The Bertz CT molecular complexity index is 491. The van der Waals surface area contributed by atoms with Crippen molar-refractivity contribution in [2.24, 2.45) is 0 Å². The molecule has 1 rings (SSSR count). The third-order valence-electron chi connectivity index (χ3n) is 1.43. The van der Waals surface area contributed by atoms with E-state index in [1.165, 1.54) is 17.1 Å². The fourth-order valence-electron chi connectivity index (χ4n) is 0.795. The molecule has 0 bridgehead atoms. The number of hydrogen-bond donors (Lipinski definition) is 1. The Morgan fingerprint density at radius 3 is 2.65 bits per heavy atom. The Hall–Kier alpha value is -0.900. The van der Waals surface area contributed by atoms with Crippen LogP contribution < -0.4 is 4.89 Å². The second-order valence-corrected chi connectivity index (χ2v) is 4.82. The third-order valence-corrected chi connectivity index (χ3v) is 3.11. The van der Waals surface area contributed by atoms with Crippen molar-refractivity contribution in [3.63, 3.8) is 0 Å². The summed E-state index contributed by atoms with van der Waals surface area (Å²) in [6.45, 7) is -1.75. The van der Waals surface area contributed by atoms with E-state index < -0.39 is 27.7 Å². The average molecular weight is 291 g/mol. The standard InChI is InChI=1S/C7H6ClF3N2O3S/c8-5-1-2-12-3-6(5)17(14,15)13-16-4-7(9,10)11/h1-3,13H,4H2. The molecule has 0 aliphatic rings. The summed E-state index contributed by atoms with van der Waals surface area (Å²) in [7, 11) is -4.28. The van der Waals surface area contributed by atoms with Crippen molar-refractivity contribution >= 4 is 21.6 Å². The van der Waals surface area contributed by atoms with Crippen LogP contribution in [-0.4, -0.2) is 26.2 Å². The van der Waals surface area contributed by atoms with Gasteiger partial charge in [-0.1, -0.05) is 16.5 Å². The predicted molar refractivity (Wildman–Crippen MR) is 51.6 cm³/mol. The molecule has 0 aliphatic heterocycles. The largest absolute Gasteiger partial charge is 0.413 e. The van der Waals surface area contributed by atoms with E-state index in [1.54, 1.807) is 0 Å². The van der Waals surface area contributed by atoms with Gasteiger partial charge >= 0.3 is 6.18 Å². The van der Waals surface area contributed by atoms with Gasteiger partial charge in [0.2, 0.25) is 0 Å².